The Bertz CT molecular complexity index is 273. The topological polar surface area (TPSA) is 105 Å². The van der Waals surface area contributed by atoms with Crippen LogP contribution in [0, 0.1) is 11.3 Å². The molecule has 0 aliphatic rings. The third-order valence-corrected chi connectivity index (χ3v) is 1.99. The molecular weight excluding hydrogens is 210 g/mol. The summed E-state index contributed by atoms with van der Waals surface area (Å²) in [5.41, 5.74) is 5.14. The van der Waals surface area contributed by atoms with E-state index in [1.54, 1.807) is 0 Å². The molecule has 2 amide bonds. The van der Waals surface area contributed by atoms with Gasteiger partial charge in [-0.2, -0.15) is 5.26 Å². The van der Waals surface area contributed by atoms with E-state index >= 15 is 0 Å². The second-order valence-corrected chi connectivity index (χ2v) is 3.36. The fraction of sp³-hybridized carbons (Fsp3) is 0.700. The molecule has 0 spiro atoms. The molecule has 0 fully saturated rings. The third kappa shape index (κ3) is 6.79. The second-order valence-electron chi connectivity index (χ2n) is 3.36. The minimum absolute atomic E-state index is 0.0953. The van der Waals surface area contributed by atoms with Crippen LogP contribution >= 0.6 is 0 Å². The Kier molecular flexibility index (Phi) is 7.81. The van der Waals surface area contributed by atoms with Crippen LogP contribution in [0.3, 0.4) is 0 Å². The Morgan fingerprint density at radius 1 is 1.50 bits per heavy atom. The van der Waals surface area contributed by atoms with Gasteiger partial charge in [-0.1, -0.05) is 0 Å². The van der Waals surface area contributed by atoms with E-state index in [0.717, 1.165) is 0 Å². The summed E-state index contributed by atoms with van der Waals surface area (Å²) in [6.07, 6.45) is 2.26. The summed E-state index contributed by atoms with van der Waals surface area (Å²) in [7, 11) is 1.39. The summed E-state index contributed by atoms with van der Waals surface area (Å²) in [6.45, 7) is -0.0953. The van der Waals surface area contributed by atoms with Crippen LogP contribution in [0.2, 0.25) is 0 Å². The lowest BCUT2D eigenvalue weighted by Crippen LogP contribution is -2.45. The zero-order chi connectivity index (χ0) is 12.4. The monoisotopic (exact) mass is 227 g/mol. The Morgan fingerprint density at radius 3 is 2.69 bits per heavy atom. The molecule has 0 bridgehead atoms. The van der Waals surface area contributed by atoms with Gasteiger partial charge in [-0.05, 0) is 19.3 Å². The molecule has 6 nitrogen and oxygen atoms in total. The molecule has 0 saturated carbocycles. The maximum atomic E-state index is 11.2. The average molecular weight is 227 g/mol. The van der Waals surface area contributed by atoms with Crippen molar-refractivity contribution in [1.29, 1.82) is 5.26 Å². The highest BCUT2D eigenvalue weighted by atomic mass is 16.5. The fourth-order valence-electron chi connectivity index (χ4n) is 1.21. The summed E-state index contributed by atoms with van der Waals surface area (Å²) in [4.78, 5) is 22.2. The molecule has 0 rings (SSSR count). The average Bonchev–Trinajstić information content (AvgIpc) is 2.22. The summed E-state index contributed by atoms with van der Waals surface area (Å²) >= 11 is 0. The van der Waals surface area contributed by atoms with Gasteiger partial charge in [0.05, 0.1) is 6.07 Å². The van der Waals surface area contributed by atoms with E-state index in [2.05, 4.69) is 10.1 Å². The summed E-state index contributed by atoms with van der Waals surface area (Å²) < 4.78 is 4.62. The molecule has 6 heteroatoms. The first-order valence-electron chi connectivity index (χ1n) is 5.06. The highest BCUT2D eigenvalue weighted by Crippen LogP contribution is 2.03. The summed E-state index contributed by atoms with van der Waals surface area (Å²) in [5, 5.41) is 10.8. The highest BCUT2D eigenvalue weighted by Gasteiger charge is 2.16. The molecule has 1 atom stereocenters. The number of hydrogen-bond donors (Lipinski definition) is 2. The van der Waals surface area contributed by atoms with Crippen LogP contribution in [0.5, 0.6) is 0 Å². The third-order valence-electron chi connectivity index (χ3n) is 1.99. The molecule has 0 heterocycles. The number of nitrogens with zero attached hydrogens (tertiary/aromatic N) is 1. The first-order chi connectivity index (χ1) is 7.61. The Labute approximate surface area is 94.7 Å². The van der Waals surface area contributed by atoms with E-state index in [0.29, 0.717) is 25.7 Å². The zero-order valence-electron chi connectivity index (χ0n) is 9.36. The molecular formula is C10H17N3O3. The first-order valence-corrected chi connectivity index (χ1v) is 5.06. The molecule has 0 unspecified atom stereocenters. The van der Waals surface area contributed by atoms with Gasteiger partial charge in [0.2, 0.25) is 11.8 Å². The standard InChI is InChI=1S/C10H17N3O3/c1-16-7-9(14)13-8(10(12)15)5-3-2-4-6-11/h8H,2-5,7H2,1H3,(H2,12,15)(H,13,14)/t8-/m1/s1. The number of methoxy groups -OCH3 is 1. The molecule has 0 saturated heterocycles. The van der Waals surface area contributed by atoms with Gasteiger partial charge in [0.15, 0.2) is 0 Å². The zero-order valence-corrected chi connectivity index (χ0v) is 9.36. The van der Waals surface area contributed by atoms with Crippen molar-refractivity contribution in [1.82, 2.24) is 5.32 Å². The normalized spacial score (nSPS) is 11.5. The first kappa shape index (κ1) is 14.4. The number of unbranched alkanes of at least 4 members (excludes halogenated alkanes) is 2. The van der Waals surface area contributed by atoms with Gasteiger partial charge < -0.3 is 15.8 Å². The van der Waals surface area contributed by atoms with Gasteiger partial charge in [-0.15, -0.1) is 0 Å². The van der Waals surface area contributed by atoms with Crippen molar-refractivity contribution in [2.24, 2.45) is 5.73 Å². The minimum atomic E-state index is -0.679. The lowest BCUT2D eigenvalue weighted by Gasteiger charge is -2.14. The molecule has 0 aliphatic heterocycles. The number of carbonyl (C=O) groups is 2. The van der Waals surface area contributed by atoms with E-state index in [1.807, 2.05) is 6.07 Å². The van der Waals surface area contributed by atoms with Gasteiger partial charge >= 0.3 is 0 Å². The fourth-order valence-corrected chi connectivity index (χ4v) is 1.21. The Balaban J connectivity index is 3.94. The molecule has 90 valence electrons. The van der Waals surface area contributed by atoms with Crippen molar-refractivity contribution >= 4 is 11.8 Å². The number of nitrogens with one attached hydrogen (secondary N) is 1. The van der Waals surface area contributed by atoms with Crippen molar-refractivity contribution < 1.29 is 14.3 Å². The van der Waals surface area contributed by atoms with E-state index in [1.165, 1.54) is 7.11 Å². The van der Waals surface area contributed by atoms with Gasteiger partial charge in [0, 0.05) is 13.5 Å². The number of rotatable bonds is 8. The van der Waals surface area contributed by atoms with Gasteiger partial charge in [0.25, 0.3) is 0 Å². The number of amides is 2. The van der Waals surface area contributed by atoms with Gasteiger partial charge in [0.1, 0.15) is 12.6 Å². The van der Waals surface area contributed by atoms with Crippen LogP contribution in [-0.2, 0) is 14.3 Å². The Morgan fingerprint density at radius 2 is 2.19 bits per heavy atom. The molecule has 16 heavy (non-hydrogen) atoms. The number of nitriles is 1. The van der Waals surface area contributed by atoms with E-state index in [9.17, 15) is 9.59 Å². The summed E-state index contributed by atoms with van der Waals surface area (Å²) in [5.74, 6) is -0.937. The molecule has 0 aromatic carbocycles. The smallest absolute Gasteiger partial charge is 0.246 e. The van der Waals surface area contributed by atoms with Crippen molar-refractivity contribution in [3.05, 3.63) is 0 Å². The minimum Gasteiger partial charge on any atom is -0.375 e. The molecule has 0 radical (unpaired) electrons. The molecule has 0 aromatic rings. The SMILES string of the molecule is COCC(=O)N[C@H](CCCCC#N)C(N)=O. The van der Waals surface area contributed by atoms with E-state index < -0.39 is 11.9 Å². The number of primary amides is 1. The second kappa shape index (κ2) is 8.68. The van der Waals surface area contributed by atoms with E-state index in [-0.39, 0.29) is 12.5 Å². The maximum absolute atomic E-state index is 11.2. The molecule has 0 aromatic heterocycles. The maximum Gasteiger partial charge on any atom is 0.246 e. The quantitative estimate of drug-likeness (QED) is 0.554. The lowest BCUT2D eigenvalue weighted by molar-refractivity contribution is -0.129. The predicted octanol–water partition coefficient (Wildman–Crippen LogP) is -0.313. The number of carbonyl (C=O) groups excluding carboxylic acids is 2. The van der Waals surface area contributed by atoms with E-state index in [4.69, 9.17) is 11.0 Å². The van der Waals surface area contributed by atoms with Gasteiger partial charge in [-0.25, -0.2) is 0 Å². The number of hydrogen-bond acceptors (Lipinski definition) is 4. The largest absolute Gasteiger partial charge is 0.375 e. The molecule has 3 N–H and O–H groups in total. The van der Waals surface area contributed by atoms with Crippen LogP contribution in [0.4, 0.5) is 0 Å². The Hall–Kier alpha value is -1.61. The summed E-state index contributed by atoms with van der Waals surface area (Å²) in [6, 6.07) is 1.33. The van der Waals surface area contributed by atoms with Crippen LogP contribution in [0.1, 0.15) is 25.7 Å². The van der Waals surface area contributed by atoms with Crippen LogP contribution in [-0.4, -0.2) is 31.6 Å². The molecule has 0 aliphatic carbocycles. The van der Waals surface area contributed by atoms with Gasteiger partial charge in [-0.3, -0.25) is 9.59 Å². The van der Waals surface area contributed by atoms with Crippen molar-refractivity contribution in [3.8, 4) is 6.07 Å². The number of ether oxygens (including phenoxy) is 1. The highest BCUT2D eigenvalue weighted by molar-refractivity contribution is 5.86. The van der Waals surface area contributed by atoms with Crippen LogP contribution in [0.15, 0.2) is 0 Å². The van der Waals surface area contributed by atoms with Crippen molar-refractivity contribution in [3.63, 3.8) is 0 Å². The van der Waals surface area contributed by atoms with Crippen LogP contribution in [0.25, 0.3) is 0 Å². The lowest BCUT2D eigenvalue weighted by atomic mass is 10.1. The van der Waals surface area contributed by atoms with Crippen molar-refractivity contribution in [2.75, 3.05) is 13.7 Å². The van der Waals surface area contributed by atoms with Crippen molar-refractivity contribution in [2.45, 2.75) is 31.7 Å². The predicted molar refractivity (Wildman–Crippen MR) is 57.1 cm³/mol. The van der Waals surface area contributed by atoms with Crippen LogP contribution < -0.4 is 11.1 Å². The number of nitrogens with two attached hydrogens (primary N) is 1.